The summed E-state index contributed by atoms with van der Waals surface area (Å²) >= 11 is 0. The lowest BCUT2D eigenvalue weighted by atomic mass is 9.77. The summed E-state index contributed by atoms with van der Waals surface area (Å²) in [5.74, 6) is -10.8. The first-order chi connectivity index (χ1) is 16.6. The van der Waals surface area contributed by atoms with Crippen LogP contribution < -0.4 is 20.5 Å². The largest absolute Gasteiger partial charge is 0.618 e. The Kier molecular flexibility index (Phi) is 7.08. The fourth-order valence-corrected chi connectivity index (χ4v) is 4.00. The molecule has 15 heteroatoms. The van der Waals surface area contributed by atoms with E-state index in [0.717, 1.165) is 31.3 Å². The molecule has 0 bridgehead atoms. The molecular weight excluding hydrogens is 507 g/mol. The minimum Gasteiger partial charge on any atom is -0.618 e. The highest BCUT2D eigenvalue weighted by Crippen LogP contribution is 2.55. The Morgan fingerprint density at radius 3 is 2.44 bits per heavy atom. The zero-order valence-electron chi connectivity index (χ0n) is 18.4. The Morgan fingerprint density at radius 1 is 1.25 bits per heavy atom. The van der Waals surface area contributed by atoms with Gasteiger partial charge in [-0.2, -0.15) is 31.1 Å². The van der Waals surface area contributed by atoms with Crippen molar-refractivity contribution in [3.05, 3.63) is 58.6 Å². The van der Waals surface area contributed by atoms with E-state index >= 15 is 0 Å². The number of halogens is 7. The van der Waals surface area contributed by atoms with Gasteiger partial charge in [0.2, 0.25) is 5.82 Å². The van der Waals surface area contributed by atoms with Crippen LogP contribution >= 0.6 is 0 Å². The smallest absolute Gasteiger partial charge is 0.417 e. The number of rotatable bonds is 6. The van der Waals surface area contributed by atoms with E-state index in [1.54, 1.807) is 0 Å². The number of anilines is 1. The van der Waals surface area contributed by atoms with Crippen LogP contribution in [0.1, 0.15) is 35.8 Å². The standard InChI is InChI=1S/C21H18F7N3O5/c1-8-13(10-3-4-11(22)14(23)15(10)35-19(24)25)16(36-20(8,2)21(26,27)28)18(33)30-9-5-6-31(34)12(7-9)17(29)32/h3-8,13,16,19H,1-2H3,(H2,29,32)(H,30,33)/t8-,13-,16-,20+/m1/s1. The third kappa shape index (κ3) is 4.74. The Labute approximate surface area is 198 Å². The van der Waals surface area contributed by atoms with Gasteiger partial charge in [-0.1, -0.05) is 13.0 Å². The van der Waals surface area contributed by atoms with Gasteiger partial charge in [-0.25, -0.2) is 4.39 Å². The molecule has 36 heavy (non-hydrogen) atoms. The van der Waals surface area contributed by atoms with Gasteiger partial charge in [0.1, 0.15) is 6.10 Å². The van der Waals surface area contributed by atoms with Crippen LogP contribution in [-0.4, -0.2) is 36.3 Å². The molecule has 0 aliphatic carbocycles. The molecule has 0 saturated carbocycles. The Morgan fingerprint density at radius 2 is 1.89 bits per heavy atom. The molecule has 2 heterocycles. The van der Waals surface area contributed by atoms with Crippen molar-refractivity contribution in [2.45, 2.75) is 44.3 Å². The first-order valence-electron chi connectivity index (χ1n) is 10.1. The van der Waals surface area contributed by atoms with Crippen LogP contribution in [0.5, 0.6) is 5.75 Å². The SMILES string of the molecule is C[C@@H]1[C@H](c2ccc(F)c(F)c2OC(F)F)[C@H](C(=O)Nc2cc[n+]([O-])c(C(N)=O)c2)O[C@]1(C)C(F)(F)F. The van der Waals surface area contributed by atoms with Gasteiger partial charge in [0.15, 0.2) is 23.4 Å². The van der Waals surface area contributed by atoms with E-state index in [9.17, 15) is 45.5 Å². The fraction of sp³-hybridized carbons (Fsp3) is 0.381. The van der Waals surface area contributed by atoms with Crippen LogP contribution in [-0.2, 0) is 9.53 Å². The molecule has 4 atom stereocenters. The van der Waals surface area contributed by atoms with Gasteiger partial charge in [-0.3, -0.25) is 9.59 Å². The monoisotopic (exact) mass is 525 g/mol. The van der Waals surface area contributed by atoms with Crippen LogP contribution in [0.3, 0.4) is 0 Å². The van der Waals surface area contributed by atoms with E-state index in [1.807, 2.05) is 0 Å². The second-order valence-corrected chi connectivity index (χ2v) is 8.10. The third-order valence-corrected chi connectivity index (χ3v) is 6.01. The summed E-state index contributed by atoms with van der Waals surface area (Å²) < 4.78 is 105. The number of benzene rings is 1. The number of carbonyl (C=O) groups excluding carboxylic acids is 2. The fourth-order valence-electron chi connectivity index (χ4n) is 4.00. The highest BCUT2D eigenvalue weighted by molar-refractivity contribution is 5.97. The predicted octanol–water partition coefficient (Wildman–Crippen LogP) is 3.38. The average Bonchev–Trinajstić information content (AvgIpc) is 3.04. The van der Waals surface area contributed by atoms with Crippen molar-refractivity contribution in [1.29, 1.82) is 0 Å². The number of aromatic nitrogens is 1. The predicted molar refractivity (Wildman–Crippen MR) is 107 cm³/mol. The van der Waals surface area contributed by atoms with Crippen molar-refractivity contribution in [3.63, 3.8) is 0 Å². The van der Waals surface area contributed by atoms with Crippen molar-refractivity contribution in [3.8, 4) is 5.75 Å². The lowest BCUT2D eigenvalue weighted by Crippen LogP contribution is -2.47. The summed E-state index contributed by atoms with van der Waals surface area (Å²) in [5.41, 5.74) is 0.502. The topological polar surface area (TPSA) is 118 Å². The summed E-state index contributed by atoms with van der Waals surface area (Å²) in [6, 6.07) is 3.04. The van der Waals surface area contributed by atoms with Gasteiger partial charge in [0, 0.05) is 29.5 Å². The van der Waals surface area contributed by atoms with Crippen LogP contribution in [0.2, 0.25) is 0 Å². The van der Waals surface area contributed by atoms with Crippen molar-refractivity contribution in [1.82, 2.24) is 0 Å². The summed E-state index contributed by atoms with van der Waals surface area (Å²) in [6.07, 6.45) is -6.38. The molecule has 3 rings (SSSR count). The Hall–Kier alpha value is -3.62. The number of hydrogen-bond donors (Lipinski definition) is 2. The lowest BCUT2D eigenvalue weighted by molar-refractivity contribution is -0.607. The van der Waals surface area contributed by atoms with Crippen LogP contribution in [0.15, 0.2) is 30.5 Å². The van der Waals surface area contributed by atoms with Gasteiger partial charge in [0.25, 0.3) is 11.6 Å². The summed E-state index contributed by atoms with van der Waals surface area (Å²) in [5, 5.41) is 13.8. The first-order valence-corrected chi connectivity index (χ1v) is 10.1. The molecule has 1 saturated heterocycles. The lowest BCUT2D eigenvalue weighted by Gasteiger charge is -2.32. The van der Waals surface area contributed by atoms with E-state index < -0.39 is 76.8 Å². The zero-order valence-corrected chi connectivity index (χ0v) is 18.4. The molecule has 2 aromatic rings. The summed E-state index contributed by atoms with van der Waals surface area (Å²) in [4.78, 5) is 24.4. The molecule has 0 spiro atoms. The Bertz CT molecular complexity index is 1190. The van der Waals surface area contributed by atoms with Crippen LogP contribution in [0.4, 0.5) is 36.4 Å². The quantitative estimate of drug-likeness (QED) is 0.341. The summed E-state index contributed by atoms with van der Waals surface area (Å²) in [7, 11) is 0. The second kappa shape index (κ2) is 9.44. The summed E-state index contributed by atoms with van der Waals surface area (Å²) in [6.45, 7) is -2.07. The van der Waals surface area contributed by atoms with Gasteiger partial charge in [0.05, 0.1) is 5.69 Å². The highest BCUT2D eigenvalue weighted by Gasteiger charge is 2.66. The minimum absolute atomic E-state index is 0.0743. The van der Waals surface area contributed by atoms with E-state index in [1.165, 1.54) is 0 Å². The molecule has 1 aliphatic rings. The molecule has 0 unspecified atom stereocenters. The maximum absolute atomic E-state index is 14.4. The molecule has 3 N–H and O–H groups in total. The van der Waals surface area contributed by atoms with Crippen molar-refractivity contribution >= 4 is 17.5 Å². The van der Waals surface area contributed by atoms with Crippen molar-refractivity contribution in [2.24, 2.45) is 11.7 Å². The van der Waals surface area contributed by atoms with Crippen molar-refractivity contribution in [2.75, 3.05) is 5.32 Å². The molecule has 1 aliphatic heterocycles. The maximum atomic E-state index is 14.4. The van der Waals surface area contributed by atoms with E-state index in [0.29, 0.717) is 13.0 Å². The normalized spacial score (nSPS) is 24.1. The second-order valence-electron chi connectivity index (χ2n) is 8.10. The molecule has 1 aromatic carbocycles. The molecule has 0 radical (unpaired) electrons. The first kappa shape index (κ1) is 27.0. The number of nitrogens with zero attached hydrogens (tertiary/aromatic N) is 1. The number of primary amides is 1. The van der Waals surface area contributed by atoms with Gasteiger partial charge >= 0.3 is 18.7 Å². The molecule has 1 aromatic heterocycles. The van der Waals surface area contributed by atoms with Crippen LogP contribution in [0, 0.1) is 22.8 Å². The van der Waals surface area contributed by atoms with Gasteiger partial charge in [-0.05, 0) is 13.0 Å². The van der Waals surface area contributed by atoms with E-state index in [2.05, 4.69) is 10.1 Å². The Balaban J connectivity index is 2.11. The number of nitrogens with two attached hydrogens (primary N) is 1. The number of hydrogen-bond acceptors (Lipinski definition) is 5. The molecule has 196 valence electrons. The van der Waals surface area contributed by atoms with Crippen molar-refractivity contribution < 1.29 is 54.5 Å². The molecule has 2 amide bonds. The minimum atomic E-state index is -5.08. The van der Waals surface area contributed by atoms with Gasteiger partial charge < -0.3 is 25.7 Å². The maximum Gasteiger partial charge on any atom is 0.417 e. The van der Waals surface area contributed by atoms with Gasteiger partial charge in [-0.15, -0.1) is 0 Å². The molecule has 8 nitrogen and oxygen atoms in total. The number of carbonyl (C=O) groups is 2. The highest BCUT2D eigenvalue weighted by atomic mass is 19.4. The number of nitrogens with one attached hydrogen (secondary N) is 1. The molecule has 1 fully saturated rings. The number of alkyl halides is 5. The zero-order chi connectivity index (χ0) is 27.2. The number of ether oxygens (including phenoxy) is 2. The van der Waals surface area contributed by atoms with E-state index in [-0.39, 0.29) is 10.4 Å². The third-order valence-electron chi connectivity index (χ3n) is 6.01. The van der Waals surface area contributed by atoms with E-state index in [4.69, 9.17) is 10.5 Å². The van der Waals surface area contributed by atoms with Crippen LogP contribution in [0.25, 0.3) is 0 Å². The molecular formula is C21H18F7N3O5. The number of pyridine rings is 1. The number of amides is 2. The average molecular weight is 525 g/mol.